The third kappa shape index (κ3) is 4.56. The summed E-state index contributed by atoms with van der Waals surface area (Å²) >= 11 is 12.5. The second kappa shape index (κ2) is 7.77. The van der Waals surface area contributed by atoms with E-state index in [2.05, 4.69) is 0 Å². The van der Waals surface area contributed by atoms with Crippen LogP contribution in [0.5, 0.6) is 17.2 Å². The van der Waals surface area contributed by atoms with Crippen LogP contribution in [0.4, 0.5) is 0 Å². The molecule has 0 aliphatic heterocycles. The Balaban J connectivity index is 2.27. The number of hydrogen-bond donors (Lipinski definition) is 2. The fourth-order valence-electron chi connectivity index (χ4n) is 2.28. The molecule has 0 fully saturated rings. The van der Waals surface area contributed by atoms with Gasteiger partial charge in [0.25, 0.3) is 0 Å². The minimum atomic E-state index is -0.882. The van der Waals surface area contributed by atoms with Crippen molar-refractivity contribution in [2.24, 2.45) is 0 Å². The molecule has 0 heterocycles. The highest BCUT2D eigenvalue weighted by Crippen LogP contribution is 2.39. The van der Waals surface area contributed by atoms with Crippen molar-refractivity contribution in [2.45, 2.75) is 32.6 Å². The lowest BCUT2D eigenvalue weighted by atomic mass is 10.0. The van der Waals surface area contributed by atoms with Crippen molar-refractivity contribution in [3.05, 3.63) is 51.5 Å². The van der Waals surface area contributed by atoms with Crippen molar-refractivity contribution in [3.8, 4) is 17.2 Å². The molecule has 2 rings (SSSR count). The first-order valence-electron chi connectivity index (χ1n) is 7.48. The van der Waals surface area contributed by atoms with E-state index in [-0.39, 0.29) is 18.1 Å². The van der Waals surface area contributed by atoms with Crippen LogP contribution in [0.15, 0.2) is 30.3 Å². The normalized spacial score (nSPS) is 10.9. The Hall–Kier alpha value is -1.91. The first kappa shape index (κ1) is 18.4. The molecule has 0 bridgehead atoms. The van der Waals surface area contributed by atoms with E-state index in [1.54, 1.807) is 30.3 Å². The summed E-state index contributed by atoms with van der Waals surface area (Å²) < 4.78 is 5.78. The van der Waals surface area contributed by atoms with E-state index in [0.29, 0.717) is 28.0 Å². The molecule has 0 aromatic heterocycles. The van der Waals surface area contributed by atoms with E-state index in [4.69, 9.17) is 33.0 Å². The average molecular weight is 369 g/mol. The number of hydrogen-bond acceptors (Lipinski definition) is 3. The van der Waals surface area contributed by atoms with Crippen molar-refractivity contribution in [1.29, 1.82) is 0 Å². The summed E-state index contributed by atoms with van der Waals surface area (Å²) in [6, 6.07) is 8.23. The minimum Gasteiger partial charge on any atom is -0.508 e. The van der Waals surface area contributed by atoms with Gasteiger partial charge in [-0.05, 0) is 48.2 Å². The highest BCUT2D eigenvalue weighted by molar-refractivity contribution is 6.37. The number of carboxylic acids is 1. The first-order valence-corrected chi connectivity index (χ1v) is 8.24. The van der Waals surface area contributed by atoms with Crippen molar-refractivity contribution in [3.63, 3.8) is 0 Å². The summed E-state index contributed by atoms with van der Waals surface area (Å²) in [6.45, 7) is 3.94. The third-order valence-corrected chi connectivity index (χ3v) is 4.09. The van der Waals surface area contributed by atoms with Gasteiger partial charge in [0.05, 0.1) is 10.0 Å². The van der Waals surface area contributed by atoms with Gasteiger partial charge in [0.15, 0.2) is 5.75 Å². The Morgan fingerprint density at radius 2 is 1.79 bits per heavy atom. The Labute approximate surface area is 150 Å². The number of aliphatic carboxylic acids is 1. The molecule has 0 aliphatic rings. The maximum absolute atomic E-state index is 10.7. The second-order valence-corrected chi connectivity index (χ2v) is 6.57. The summed E-state index contributed by atoms with van der Waals surface area (Å²) in [4.78, 5) is 10.7. The van der Waals surface area contributed by atoms with Crippen LogP contribution >= 0.6 is 23.2 Å². The lowest BCUT2D eigenvalue weighted by Gasteiger charge is -2.14. The molecule has 0 unspecified atom stereocenters. The van der Waals surface area contributed by atoms with Crippen molar-refractivity contribution < 1.29 is 19.7 Å². The van der Waals surface area contributed by atoms with Crippen LogP contribution in [0.25, 0.3) is 0 Å². The van der Waals surface area contributed by atoms with E-state index >= 15 is 0 Å². The van der Waals surface area contributed by atoms with Crippen molar-refractivity contribution in [1.82, 2.24) is 0 Å². The molecule has 2 aromatic carbocycles. The highest BCUT2D eigenvalue weighted by Gasteiger charge is 2.14. The fraction of sp³-hybridized carbons (Fsp3) is 0.278. The summed E-state index contributed by atoms with van der Waals surface area (Å²) in [5.74, 6) is 0.278. The molecule has 0 saturated heterocycles. The van der Waals surface area contributed by atoms with E-state index in [9.17, 15) is 9.90 Å². The molecule has 128 valence electrons. The lowest BCUT2D eigenvalue weighted by Crippen LogP contribution is -1.98. The molecule has 2 N–H and O–H groups in total. The number of benzene rings is 2. The monoisotopic (exact) mass is 368 g/mol. The van der Waals surface area contributed by atoms with Crippen LogP contribution in [-0.2, 0) is 11.2 Å². The molecule has 0 amide bonds. The predicted octanol–water partition coefficient (Wildman–Crippen LogP) is 5.63. The van der Waals surface area contributed by atoms with Gasteiger partial charge in [0.2, 0.25) is 0 Å². The number of aryl methyl sites for hydroxylation is 1. The molecule has 2 aromatic rings. The van der Waals surface area contributed by atoms with E-state index < -0.39 is 5.97 Å². The van der Waals surface area contributed by atoms with Gasteiger partial charge in [-0.2, -0.15) is 0 Å². The number of ether oxygens (including phenoxy) is 1. The number of carboxylic acid groups (broad SMARTS) is 1. The summed E-state index contributed by atoms with van der Waals surface area (Å²) in [7, 11) is 0. The van der Waals surface area contributed by atoms with Crippen LogP contribution in [0.1, 0.15) is 37.3 Å². The molecular weight excluding hydrogens is 351 g/mol. The van der Waals surface area contributed by atoms with Gasteiger partial charge in [0.1, 0.15) is 11.5 Å². The Bertz CT molecular complexity index is 734. The molecular formula is C18H18Cl2O4. The molecule has 0 aliphatic carbocycles. The third-order valence-electron chi connectivity index (χ3n) is 3.53. The van der Waals surface area contributed by atoms with Gasteiger partial charge in [-0.3, -0.25) is 4.79 Å². The van der Waals surface area contributed by atoms with Gasteiger partial charge in [-0.1, -0.05) is 37.0 Å². The van der Waals surface area contributed by atoms with Crippen LogP contribution in [0, 0.1) is 0 Å². The highest BCUT2D eigenvalue weighted by atomic mass is 35.5. The lowest BCUT2D eigenvalue weighted by molar-refractivity contribution is -0.136. The topological polar surface area (TPSA) is 66.8 Å². The number of phenols is 1. The molecule has 6 heteroatoms. The van der Waals surface area contributed by atoms with E-state index in [0.717, 1.165) is 11.1 Å². The number of aromatic hydroxyl groups is 1. The Morgan fingerprint density at radius 1 is 1.17 bits per heavy atom. The molecule has 0 spiro atoms. The smallest absolute Gasteiger partial charge is 0.303 e. The van der Waals surface area contributed by atoms with Crippen LogP contribution in [0.2, 0.25) is 10.0 Å². The number of halogens is 2. The average Bonchev–Trinajstić information content (AvgIpc) is 2.50. The quantitative estimate of drug-likeness (QED) is 0.692. The fourth-order valence-corrected chi connectivity index (χ4v) is 2.89. The van der Waals surface area contributed by atoms with E-state index in [1.165, 1.54) is 0 Å². The maximum atomic E-state index is 10.7. The summed E-state index contributed by atoms with van der Waals surface area (Å²) in [5, 5.41) is 19.2. The van der Waals surface area contributed by atoms with Gasteiger partial charge in [-0.25, -0.2) is 0 Å². The maximum Gasteiger partial charge on any atom is 0.303 e. The van der Waals surface area contributed by atoms with E-state index in [1.807, 2.05) is 13.8 Å². The summed E-state index contributed by atoms with van der Waals surface area (Å²) in [5.41, 5.74) is 1.49. The number of phenolic OH excluding ortho intramolecular Hbond substituents is 1. The zero-order valence-corrected chi connectivity index (χ0v) is 14.9. The number of carbonyl (C=O) groups is 1. The zero-order valence-electron chi connectivity index (χ0n) is 13.3. The van der Waals surface area contributed by atoms with Gasteiger partial charge in [0, 0.05) is 12.0 Å². The van der Waals surface area contributed by atoms with Crippen molar-refractivity contribution >= 4 is 29.2 Å². The van der Waals surface area contributed by atoms with Crippen LogP contribution < -0.4 is 4.74 Å². The molecule has 0 radical (unpaired) electrons. The van der Waals surface area contributed by atoms with Gasteiger partial charge < -0.3 is 14.9 Å². The molecule has 24 heavy (non-hydrogen) atoms. The SMILES string of the molecule is CC(C)c1cc(Oc2c(Cl)cc(CCC(=O)O)cc2Cl)ccc1O. The minimum absolute atomic E-state index is 0.00255. The molecule has 0 saturated carbocycles. The van der Waals surface area contributed by atoms with Gasteiger partial charge in [-0.15, -0.1) is 0 Å². The van der Waals surface area contributed by atoms with Crippen LogP contribution in [-0.4, -0.2) is 16.2 Å². The summed E-state index contributed by atoms with van der Waals surface area (Å²) in [6.07, 6.45) is 0.342. The number of rotatable bonds is 6. The largest absolute Gasteiger partial charge is 0.508 e. The Kier molecular flexibility index (Phi) is 5.97. The van der Waals surface area contributed by atoms with Crippen molar-refractivity contribution in [2.75, 3.05) is 0 Å². The first-order chi connectivity index (χ1) is 11.3. The standard InChI is InChI=1S/C18H18Cl2O4/c1-10(2)13-9-12(4-5-16(13)21)24-18-14(19)7-11(8-15(18)20)3-6-17(22)23/h4-5,7-10,21H,3,6H2,1-2H3,(H,22,23). The predicted molar refractivity (Wildman–Crippen MR) is 94.7 cm³/mol. The second-order valence-electron chi connectivity index (χ2n) is 5.76. The zero-order chi connectivity index (χ0) is 17.9. The molecule has 0 atom stereocenters. The van der Waals surface area contributed by atoms with Crippen LogP contribution in [0.3, 0.4) is 0 Å². The molecule has 4 nitrogen and oxygen atoms in total. The van der Waals surface area contributed by atoms with Gasteiger partial charge >= 0.3 is 5.97 Å². The Morgan fingerprint density at radius 3 is 2.33 bits per heavy atom.